The Morgan fingerprint density at radius 2 is 2.16 bits per heavy atom. The lowest BCUT2D eigenvalue weighted by Crippen LogP contribution is -2.15. The molecule has 0 spiro atoms. The van der Waals surface area contributed by atoms with E-state index in [1.54, 1.807) is 6.20 Å². The molecule has 1 heterocycles. The van der Waals surface area contributed by atoms with Gasteiger partial charge in [-0.2, -0.15) is 0 Å². The molecule has 1 unspecified atom stereocenters. The minimum absolute atomic E-state index is 0.0808. The first-order chi connectivity index (χ1) is 9.20. The van der Waals surface area contributed by atoms with Crippen LogP contribution in [0.2, 0.25) is 0 Å². The van der Waals surface area contributed by atoms with Crippen LogP contribution >= 0.6 is 0 Å². The summed E-state index contributed by atoms with van der Waals surface area (Å²) >= 11 is 0. The van der Waals surface area contributed by atoms with E-state index in [0.29, 0.717) is 12.3 Å². The highest BCUT2D eigenvalue weighted by Gasteiger charge is 2.10. The van der Waals surface area contributed by atoms with Crippen molar-refractivity contribution in [3.05, 3.63) is 36.5 Å². The van der Waals surface area contributed by atoms with Gasteiger partial charge in [-0.05, 0) is 30.2 Å². The van der Waals surface area contributed by atoms with E-state index in [9.17, 15) is 4.79 Å². The third-order valence-corrected chi connectivity index (χ3v) is 3.24. The van der Waals surface area contributed by atoms with Crippen LogP contribution in [-0.2, 0) is 4.79 Å². The van der Waals surface area contributed by atoms with Crippen LogP contribution in [0.4, 0.5) is 5.69 Å². The lowest BCUT2D eigenvalue weighted by atomic mass is 10.0. The summed E-state index contributed by atoms with van der Waals surface area (Å²) < 4.78 is 0. The average Bonchev–Trinajstić information content (AvgIpc) is 2.39. The lowest BCUT2D eigenvalue weighted by molar-refractivity contribution is -0.117. The van der Waals surface area contributed by atoms with Crippen LogP contribution in [0.1, 0.15) is 33.1 Å². The summed E-state index contributed by atoms with van der Waals surface area (Å²) in [5.74, 6) is 0.510. The number of aromatic nitrogens is 1. The van der Waals surface area contributed by atoms with E-state index in [1.807, 2.05) is 30.3 Å². The van der Waals surface area contributed by atoms with Gasteiger partial charge in [0.1, 0.15) is 0 Å². The SMILES string of the molecule is CCCC(C)CC(=O)Nc1cccc2ncccc12. The molecule has 2 rings (SSSR count). The molecule has 0 aliphatic heterocycles. The molecule has 19 heavy (non-hydrogen) atoms. The zero-order valence-corrected chi connectivity index (χ0v) is 11.5. The Bertz CT molecular complexity index is 560. The third-order valence-electron chi connectivity index (χ3n) is 3.24. The van der Waals surface area contributed by atoms with E-state index in [4.69, 9.17) is 0 Å². The smallest absolute Gasteiger partial charge is 0.224 e. The maximum absolute atomic E-state index is 12.0. The Balaban J connectivity index is 2.11. The molecule has 0 saturated carbocycles. The fourth-order valence-corrected chi connectivity index (χ4v) is 2.32. The molecular weight excluding hydrogens is 236 g/mol. The maximum Gasteiger partial charge on any atom is 0.224 e. The summed E-state index contributed by atoms with van der Waals surface area (Å²) in [6, 6.07) is 9.66. The maximum atomic E-state index is 12.0. The van der Waals surface area contributed by atoms with E-state index < -0.39 is 0 Å². The second-order valence-electron chi connectivity index (χ2n) is 5.02. The minimum atomic E-state index is 0.0808. The van der Waals surface area contributed by atoms with Crippen LogP contribution < -0.4 is 5.32 Å². The van der Waals surface area contributed by atoms with E-state index in [0.717, 1.165) is 29.4 Å². The van der Waals surface area contributed by atoms with Crippen LogP contribution in [0.25, 0.3) is 10.9 Å². The second-order valence-corrected chi connectivity index (χ2v) is 5.02. The molecule has 0 saturated heterocycles. The Labute approximate surface area is 114 Å². The van der Waals surface area contributed by atoms with E-state index in [1.165, 1.54) is 0 Å². The number of pyridine rings is 1. The molecule has 3 heteroatoms. The number of carbonyl (C=O) groups excluding carboxylic acids is 1. The van der Waals surface area contributed by atoms with E-state index >= 15 is 0 Å². The number of anilines is 1. The summed E-state index contributed by atoms with van der Waals surface area (Å²) in [5, 5.41) is 3.98. The molecule has 3 nitrogen and oxygen atoms in total. The molecule has 2 aromatic rings. The number of nitrogens with zero attached hydrogens (tertiary/aromatic N) is 1. The van der Waals surface area contributed by atoms with Gasteiger partial charge >= 0.3 is 0 Å². The monoisotopic (exact) mass is 256 g/mol. The molecule has 1 N–H and O–H groups in total. The zero-order chi connectivity index (χ0) is 13.7. The molecule has 1 atom stereocenters. The topological polar surface area (TPSA) is 42.0 Å². The van der Waals surface area contributed by atoms with Gasteiger partial charge in [0.15, 0.2) is 0 Å². The summed E-state index contributed by atoms with van der Waals surface area (Å²) in [6.07, 6.45) is 4.54. The van der Waals surface area contributed by atoms with Gasteiger partial charge in [-0.25, -0.2) is 0 Å². The number of carbonyl (C=O) groups is 1. The van der Waals surface area contributed by atoms with Crippen molar-refractivity contribution < 1.29 is 4.79 Å². The van der Waals surface area contributed by atoms with Crippen molar-refractivity contribution in [2.75, 3.05) is 5.32 Å². The molecule has 1 aromatic heterocycles. The first-order valence-electron chi connectivity index (χ1n) is 6.84. The predicted molar refractivity (Wildman–Crippen MR) is 79.1 cm³/mol. The molecule has 0 bridgehead atoms. The summed E-state index contributed by atoms with van der Waals surface area (Å²) in [5.41, 5.74) is 1.75. The largest absolute Gasteiger partial charge is 0.325 e. The first-order valence-corrected chi connectivity index (χ1v) is 6.84. The van der Waals surface area contributed by atoms with Gasteiger partial charge in [-0.1, -0.05) is 32.8 Å². The van der Waals surface area contributed by atoms with Gasteiger partial charge in [0.2, 0.25) is 5.91 Å². The number of nitrogens with one attached hydrogen (secondary N) is 1. The Kier molecular flexibility index (Phi) is 4.50. The normalized spacial score (nSPS) is 12.3. The zero-order valence-electron chi connectivity index (χ0n) is 11.5. The van der Waals surface area contributed by atoms with Crippen LogP contribution in [0, 0.1) is 5.92 Å². The standard InChI is InChI=1S/C16H20N2O/c1-3-6-12(2)11-16(19)18-15-9-4-8-14-13(15)7-5-10-17-14/h4-5,7-10,12H,3,6,11H2,1-2H3,(H,18,19). The van der Waals surface area contributed by atoms with Crippen LogP contribution in [0.5, 0.6) is 0 Å². The highest BCUT2D eigenvalue weighted by molar-refractivity contribution is 6.00. The highest BCUT2D eigenvalue weighted by atomic mass is 16.1. The van der Waals surface area contributed by atoms with Crippen molar-refractivity contribution in [2.24, 2.45) is 5.92 Å². The third kappa shape index (κ3) is 3.53. The van der Waals surface area contributed by atoms with Crippen molar-refractivity contribution in [3.63, 3.8) is 0 Å². The van der Waals surface area contributed by atoms with Gasteiger partial charge in [0.25, 0.3) is 0 Å². The molecule has 100 valence electrons. The van der Waals surface area contributed by atoms with Gasteiger partial charge < -0.3 is 5.32 Å². The fourth-order valence-electron chi connectivity index (χ4n) is 2.32. The van der Waals surface area contributed by atoms with Gasteiger partial charge in [0, 0.05) is 18.0 Å². The summed E-state index contributed by atoms with van der Waals surface area (Å²) in [6.45, 7) is 4.26. The van der Waals surface area contributed by atoms with Crippen molar-refractivity contribution >= 4 is 22.5 Å². The minimum Gasteiger partial charge on any atom is -0.325 e. The fraction of sp³-hybridized carbons (Fsp3) is 0.375. The number of rotatable bonds is 5. The Hall–Kier alpha value is -1.90. The molecule has 1 amide bonds. The Morgan fingerprint density at radius 1 is 1.32 bits per heavy atom. The van der Waals surface area contributed by atoms with Gasteiger partial charge in [-0.3, -0.25) is 9.78 Å². The number of hydrogen-bond acceptors (Lipinski definition) is 2. The number of hydrogen-bond donors (Lipinski definition) is 1. The average molecular weight is 256 g/mol. The van der Waals surface area contributed by atoms with E-state index in [2.05, 4.69) is 24.1 Å². The van der Waals surface area contributed by atoms with E-state index in [-0.39, 0.29) is 5.91 Å². The van der Waals surface area contributed by atoms with Crippen molar-refractivity contribution in [2.45, 2.75) is 33.1 Å². The van der Waals surface area contributed by atoms with Crippen LogP contribution in [0.3, 0.4) is 0 Å². The van der Waals surface area contributed by atoms with Crippen molar-refractivity contribution in [1.82, 2.24) is 4.98 Å². The molecule has 0 fully saturated rings. The second kappa shape index (κ2) is 6.32. The number of amides is 1. The van der Waals surface area contributed by atoms with Gasteiger partial charge in [-0.15, -0.1) is 0 Å². The number of benzene rings is 1. The summed E-state index contributed by atoms with van der Waals surface area (Å²) in [7, 11) is 0. The molecule has 0 aliphatic carbocycles. The van der Waals surface area contributed by atoms with Crippen LogP contribution in [0.15, 0.2) is 36.5 Å². The molecule has 1 aromatic carbocycles. The quantitative estimate of drug-likeness (QED) is 0.878. The van der Waals surface area contributed by atoms with Crippen LogP contribution in [-0.4, -0.2) is 10.9 Å². The Morgan fingerprint density at radius 3 is 2.95 bits per heavy atom. The first kappa shape index (κ1) is 13.5. The summed E-state index contributed by atoms with van der Waals surface area (Å²) in [4.78, 5) is 16.3. The molecule has 0 radical (unpaired) electrons. The molecule has 0 aliphatic rings. The lowest BCUT2D eigenvalue weighted by Gasteiger charge is -2.11. The molecular formula is C16H20N2O. The van der Waals surface area contributed by atoms with Gasteiger partial charge in [0.05, 0.1) is 11.2 Å². The predicted octanol–water partition coefficient (Wildman–Crippen LogP) is 4.00. The number of fused-ring (bicyclic) bond motifs is 1. The highest BCUT2D eigenvalue weighted by Crippen LogP contribution is 2.22. The van der Waals surface area contributed by atoms with Crippen molar-refractivity contribution in [1.29, 1.82) is 0 Å². The van der Waals surface area contributed by atoms with Crippen molar-refractivity contribution in [3.8, 4) is 0 Å².